The number of carbonyl (C=O) groups is 2. The van der Waals surface area contributed by atoms with Crippen molar-refractivity contribution >= 4 is 11.7 Å². The Morgan fingerprint density at radius 3 is 2.67 bits per heavy atom. The van der Waals surface area contributed by atoms with Gasteiger partial charge in [-0.15, -0.1) is 0 Å². The van der Waals surface area contributed by atoms with Crippen LogP contribution in [-0.4, -0.2) is 30.2 Å². The molecule has 3 heteroatoms. The summed E-state index contributed by atoms with van der Waals surface area (Å²) in [7, 11) is 1.89. The molecule has 0 bridgehead atoms. The molecule has 1 unspecified atom stereocenters. The fourth-order valence-corrected chi connectivity index (χ4v) is 3.37. The quantitative estimate of drug-likeness (QED) is 0.754. The van der Waals surface area contributed by atoms with Crippen LogP contribution in [0, 0.1) is 5.41 Å². The van der Waals surface area contributed by atoms with Gasteiger partial charge in [0.2, 0.25) is 5.91 Å². The van der Waals surface area contributed by atoms with Crippen molar-refractivity contribution in [1.29, 1.82) is 0 Å². The van der Waals surface area contributed by atoms with Crippen molar-refractivity contribution in [2.45, 2.75) is 51.9 Å². The topological polar surface area (TPSA) is 37.4 Å². The second-order valence-electron chi connectivity index (χ2n) is 5.61. The van der Waals surface area contributed by atoms with Crippen molar-refractivity contribution in [3.8, 4) is 0 Å². The molecule has 1 heterocycles. The fourth-order valence-electron chi connectivity index (χ4n) is 3.37. The van der Waals surface area contributed by atoms with Gasteiger partial charge in [0.1, 0.15) is 0 Å². The highest BCUT2D eigenvalue weighted by Gasteiger charge is 2.43. The van der Waals surface area contributed by atoms with Gasteiger partial charge in [-0.25, -0.2) is 0 Å². The molecule has 3 nitrogen and oxygen atoms in total. The average molecular weight is 249 g/mol. The maximum Gasteiger partial charge on any atom is 0.232 e. The van der Waals surface area contributed by atoms with Crippen LogP contribution >= 0.6 is 0 Å². The molecule has 0 saturated carbocycles. The Bertz CT molecular complexity index is 386. The lowest BCUT2D eigenvalue weighted by Crippen LogP contribution is -2.42. The summed E-state index contributed by atoms with van der Waals surface area (Å²) in [5.41, 5.74) is 0.710. The van der Waals surface area contributed by atoms with E-state index >= 15 is 0 Å². The third kappa shape index (κ3) is 2.23. The summed E-state index contributed by atoms with van der Waals surface area (Å²) in [6, 6.07) is 0. The maximum atomic E-state index is 12.7. The van der Waals surface area contributed by atoms with Crippen molar-refractivity contribution in [3.63, 3.8) is 0 Å². The number of hydrogen-bond donors (Lipinski definition) is 0. The van der Waals surface area contributed by atoms with Gasteiger partial charge in [-0.2, -0.15) is 0 Å². The number of rotatable bonds is 2. The van der Waals surface area contributed by atoms with Gasteiger partial charge in [-0.3, -0.25) is 9.59 Å². The minimum absolute atomic E-state index is 0.198. The van der Waals surface area contributed by atoms with E-state index in [-0.39, 0.29) is 17.1 Å². The Morgan fingerprint density at radius 1 is 1.22 bits per heavy atom. The normalized spacial score (nSPS) is 30.1. The highest BCUT2D eigenvalue weighted by atomic mass is 16.2. The van der Waals surface area contributed by atoms with E-state index in [0.29, 0.717) is 6.42 Å². The Hall–Kier alpha value is -1.12. The summed E-state index contributed by atoms with van der Waals surface area (Å²) < 4.78 is 0. The molecule has 0 radical (unpaired) electrons. The van der Waals surface area contributed by atoms with Gasteiger partial charge < -0.3 is 4.90 Å². The van der Waals surface area contributed by atoms with E-state index in [9.17, 15) is 9.59 Å². The maximum absolute atomic E-state index is 12.7. The standard InChI is InChI=1S/C15H23NO2/c1-3-15(12-7-6-8-13(17)11-12)9-4-5-10-16(2)14(15)18/h11H,3-10H2,1-2H3. The largest absolute Gasteiger partial charge is 0.345 e. The van der Waals surface area contributed by atoms with Crippen LogP contribution in [-0.2, 0) is 9.59 Å². The molecule has 1 saturated heterocycles. The molecule has 18 heavy (non-hydrogen) atoms. The van der Waals surface area contributed by atoms with E-state index in [1.165, 1.54) is 0 Å². The summed E-state index contributed by atoms with van der Waals surface area (Å²) in [5, 5.41) is 0. The fraction of sp³-hybridized carbons (Fsp3) is 0.733. The van der Waals surface area contributed by atoms with E-state index in [4.69, 9.17) is 0 Å². The van der Waals surface area contributed by atoms with Crippen LogP contribution in [0.3, 0.4) is 0 Å². The van der Waals surface area contributed by atoms with Crippen LogP contribution in [0.5, 0.6) is 0 Å². The number of amides is 1. The number of likely N-dealkylation sites (tertiary alicyclic amines) is 1. The lowest BCUT2D eigenvalue weighted by molar-refractivity contribution is -0.138. The zero-order chi connectivity index (χ0) is 13.2. The SMILES string of the molecule is CCC1(C2=CC(=O)CCC2)CCCCN(C)C1=O. The number of nitrogens with zero attached hydrogens (tertiary/aromatic N) is 1. The monoisotopic (exact) mass is 249 g/mol. The number of allylic oxidation sites excluding steroid dienone is 1. The third-order valence-corrected chi connectivity index (χ3v) is 4.53. The molecule has 0 aromatic carbocycles. The molecule has 0 spiro atoms. The second-order valence-corrected chi connectivity index (χ2v) is 5.61. The van der Waals surface area contributed by atoms with Crippen molar-refractivity contribution in [1.82, 2.24) is 4.90 Å². The zero-order valence-electron chi connectivity index (χ0n) is 11.5. The highest BCUT2D eigenvalue weighted by molar-refractivity contribution is 5.94. The smallest absolute Gasteiger partial charge is 0.232 e. The van der Waals surface area contributed by atoms with Crippen LogP contribution in [0.1, 0.15) is 51.9 Å². The summed E-state index contributed by atoms with van der Waals surface area (Å²) in [6.07, 6.45) is 8.11. The Balaban J connectivity index is 2.38. The minimum Gasteiger partial charge on any atom is -0.345 e. The lowest BCUT2D eigenvalue weighted by atomic mass is 9.70. The highest BCUT2D eigenvalue weighted by Crippen LogP contribution is 2.43. The van der Waals surface area contributed by atoms with E-state index in [1.807, 2.05) is 11.9 Å². The van der Waals surface area contributed by atoms with Crippen molar-refractivity contribution in [3.05, 3.63) is 11.6 Å². The predicted molar refractivity (Wildman–Crippen MR) is 71.2 cm³/mol. The van der Waals surface area contributed by atoms with Crippen LogP contribution < -0.4 is 0 Å². The van der Waals surface area contributed by atoms with Crippen molar-refractivity contribution in [2.24, 2.45) is 5.41 Å². The molecule has 1 atom stereocenters. The molecular formula is C15H23NO2. The summed E-state index contributed by atoms with van der Waals surface area (Å²) in [5.74, 6) is 0.423. The van der Waals surface area contributed by atoms with Gasteiger partial charge in [-0.1, -0.05) is 18.9 Å². The lowest BCUT2D eigenvalue weighted by Gasteiger charge is -2.36. The first-order valence-electron chi connectivity index (χ1n) is 7.09. The first kappa shape index (κ1) is 13.3. The predicted octanol–water partition coefficient (Wildman–Crippen LogP) is 2.70. The number of ketones is 1. The zero-order valence-corrected chi connectivity index (χ0v) is 11.5. The second kappa shape index (κ2) is 5.25. The molecular weight excluding hydrogens is 226 g/mol. The van der Waals surface area contributed by atoms with Crippen molar-refractivity contribution in [2.75, 3.05) is 13.6 Å². The van der Waals surface area contributed by atoms with Crippen LogP contribution in [0.25, 0.3) is 0 Å². The van der Waals surface area contributed by atoms with Crippen molar-refractivity contribution < 1.29 is 9.59 Å². The van der Waals surface area contributed by atoms with Crippen LogP contribution in [0.15, 0.2) is 11.6 Å². The Kier molecular flexibility index (Phi) is 3.88. The van der Waals surface area contributed by atoms with E-state index < -0.39 is 0 Å². The van der Waals surface area contributed by atoms with Gasteiger partial charge in [0.15, 0.2) is 5.78 Å². The molecule has 1 fully saturated rings. The first-order chi connectivity index (χ1) is 8.60. The van der Waals surface area contributed by atoms with Gasteiger partial charge in [0.25, 0.3) is 0 Å². The molecule has 2 rings (SSSR count). The van der Waals surface area contributed by atoms with Crippen LogP contribution in [0.2, 0.25) is 0 Å². The van der Waals surface area contributed by atoms with E-state index in [0.717, 1.165) is 50.6 Å². The molecule has 1 aliphatic carbocycles. The summed E-state index contributed by atoms with van der Waals surface area (Å²) in [6.45, 7) is 2.93. The van der Waals surface area contributed by atoms with Gasteiger partial charge in [0, 0.05) is 20.0 Å². The molecule has 100 valence electrons. The first-order valence-corrected chi connectivity index (χ1v) is 7.09. The number of hydrogen-bond acceptors (Lipinski definition) is 2. The summed E-state index contributed by atoms with van der Waals surface area (Å²) in [4.78, 5) is 26.2. The Labute approximate surface area is 109 Å². The molecule has 1 aliphatic heterocycles. The van der Waals surface area contributed by atoms with E-state index in [1.54, 1.807) is 6.08 Å². The number of carbonyl (C=O) groups excluding carboxylic acids is 2. The molecule has 0 aromatic rings. The molecule has 2 aliphatic rings. The van der Waals surface area contributed by atoms with Crippen LogP contribution in [0.4, 0.5) is 0 Å². The van der Waals surface area contributed by atoms with Gasteiger partial charge in [-0.05, 0) is 38.2 Å². The average Bonchev–Trinajstić information content (AvgIpc) is 2.51. The molecule has 0 aromatic heterocycles. The Morgan fingerprint density at radius 2 is 2.00 bits per heavy atom. The third-order valence-electron chi connectivity index (χ3n) is 4.53. The van der Waals surface area contributed by atoms with Gasteiger partial charge >= 0.3 is 0 Å². The van der Waals surface area contributed by atoms with Gasteiger partial charge in [0.05, 0.1) is 5.41 Å². The van der Waals surface area contributed by atoms with E-state index in [2.05, 4.69) is 6.92 Å². The minimum atomic E-state index is -0.388. The molecule has 1 amide bonds. The molecule has 0 N–H and O–H groups in total. The summed E-state index contributed by atoms with van der Waals surface area (Å²) >= 11 is 0.